The van der Waals surface area contributed by atoms with Crippen LogP contribution in [0.5, 0.6) is 0 Å². The molecule has 0 aliphatic rings. The van der Waals surface area contributed by atoms with Crippen molar-refractivity contribution in [3.05, 3.63) is 164 Å². The van der Waals surface area contributed by atoms with Crippen LogP contribution in [0, 0.1) is 0 Å². The van der Waals surface area contributed by atoms with E-state index in [-0.39, 0.29) is 0 Å². The van der Waals surface area contributed by atoms with Crippen LogP contribution in [0.4, 0.5) is 0 Å². The Morgan fingerprint density at radius 3 is 1.59 bits per heavy atom. The second kappa shape index (κ2) is 11.1. The molecule has 3 aromatic heterocycles. The van der Waals surface area contributed by atoms with Crippen molar-refractivity contribution in [2.24, 2.45) is 0 Å². The number of aromatic nitrogens is 3. The van der Waals surface area contributed by atoms with Crippen LogP contribution in [0.2, 0.25) is 0 Å². The van der Waals surface area contributed by atoms with Crippen molar-refractivity contribution in [3.8, 4) is 34.2 Å². The van der Waals surface area contributed by atoms with Crippen LogP contribution in [0.3, 0.4) is 0 Å². The summed E-state index contributed by atoms with van der Waals surface area (Å²) < 4.78 is 12.8. The zero-order valence-electron chi connectivity index (χ0n) is 28.7. The fourth-order valence-electron chi connectivity index (χ4n) is 8.37. The monoisotopic (exact) mass is 689 g/mol. The summed E-state index contributed by atoms with van der Waals surface area (Å²) in [6.07, 6.45) is 0. The molecule has 54 heavy (non-hydrogen) atoms. The molecule has 0 N–H and O–H groups in total. The molecule has 0 spiro atoms. The van der Waals surface area contributed by atoms with Crippen LogP contribution in [-0.2, 0) is 0 Å². The van der Waals surface area contributed by atoms with Gasteiger partial charge in [-0.05, 0) is 79.5 Å². The van der Waals surface area contributed by atoms with Gasteiger partial charge in [0.2, 0.25) is 0 Å². The fraction of sp³-hybridized carbons (Fsp3) is 0. The Bertz CT molecular complexity index is 3520. The second-order valence-electron chi connectivity index (χ2n) is 13.9. The molecular formula is C49H27N3O2. The Morgan fingerprint density at radius 2 is 0.833 bits per heavy atom. The minimum Gasteiger partial charge on any atom is -0.456 e. The third-order valence-electron chi connectivity index (χ3n) is 10.9. The summed E-state index contributed by atoms with van der Waals surface area (Å²) in [4.78, 5) is 15.7. The van der Waals surface area contributed by atoms with Gasteiger partial charge in [0.25, 0.3) is 0 Å². The van der Waals surface area contributed by atoms with E-state index in [1.807, 2.05) is 42.5 Å². The van der Waals surface area contributed by atoms with Crippen LogP contribution < -0.4 is 0 Å². The molecule has 12 rings (SSSR count). The molecule has 0 unspecified atom stereocenters. The van der Waals surface area contributed by atoms with Gasteiger partial charge in [0.15, 0.2) is 17.5 Å². The zero-order valence-corrected chi connectivity index (χ0v) is 28.7. The molecule has 0 atom stereocenters. The van der Waals surface area contributed by atoms with Gasteiger partial charge in [-0.3, -0.25) is 0 Å². The van der Waals surface area contributed by atoms with Crippen LogP contribution in [0.25, 0.3) is 121 Å². The standard InChI is InChI=1S/C49H27N3O2/c1-2-11-30-27-44-40(26-29(30)10-1)46-39(15-8-18-43(46)54-44)49-51-47(50-48(52-49)38-14-7-17-42-45(38)37-13-5-6-16-41(37)53-42)32-21-22-34-31(25-32)20-24-35-33-12-4-3-9-28(33)19-23-36(34)35/h1-27H. The molecule has 0 amide bonds. The quantitative estimate of drug-likeness (QED) is 0.173. The minimum atomic E-state index is 0.575. The largest absolute Gasteiger partial charge is 0.456 e. The number of furan rings is 2. The first-order valence-corrected chi connectivity index (χ1v) is 18.1. The first kappa shape index (κ1) is 29.2. The van der Waals surface area contributed by atoms with E-state index in [1.54, 1.807) is 0 Å². The molecule has 0 saturated heterocycles. The minimum absolute atomic E-state index is 0.575. The van der Waals surface area contributed by atoms with Crippen molar-refractivity contribution in [1.82, 2.24) is 15.0 Å². The van der Waals surface area contributed by atoms with Crippen LogP contribution >= 0.6 is 0 Å². The first-order valence-electron chi connectivity index (χ1n) is 18.1. The van der Waals surface area contributed by atoms with E-state index in [0.29, 0.717) is 17.5 Å². The zero-order chi connectivity index (χ0) is 35.3. The van der Waals surface area contributed by atoms with Crippen molar-refractivity contribution in [3.63, 3.8) is 0 Å². The van der Waals surface area contributed by atoms with Gasteiger partial charge >= 0.3 is 0 Å². The van der Waals surface area contributed by atoms with E-state index in [4.69, 9.17) is 23.8 Å². The predicted molar refractivity (Wildman–Crippen MR) is 221 cm³/mol. The SMILES string of the molecule is c1ccc2cc3c(cc2c1)oc1cccc(-c2nc(-c4ccc5c(ccc6c7ccccc7ccc56)c4)nc(-c4cccc5oc6ccccc6c45)n2)c13. The maximum Gasteiger partial charge on any atom is 0.164 e. The number of hydrogen-bond donors (Lipinski definition) is 0. The number of nitrogens with zero attached hydrogens (tertiary/aromatic N) is 3. The number of benzene rings is 9. The summed E-state index contributed by atoms with van der Waals surface area (Å²) in [7, 11) is 0. The summed E-state index contributed by atoms with van der Waals surface area (Å²) in [6.45, 7) is 0. The third-order valence-corrected chi connectivity index (χ3v) is 10.9. The van der Waals surface area contributed by atoms with Crippen molar-refractivity contribution < 1.29 is 8.83 Å². The molecule has 0 aliphatic carbocycles. The Kier molecular flexibility index (Phi) is 5.99. The third kappa shape index (κ3) is 4.30. The Morgan fingerprint density at radius 1 is 0.296 bits per heavy atom. The molecule has 0 bridgehead atoms. The average Bonchev–Trinajstić information content (AvgIpc) is 3.80. The fourth-order valence-corrected chi connectivity index (χ4v) is 8.37. The first-order chi connectivity index (χ1) is 26.7. The van der Waals surface area contributed by atoms with Crippen LogP contribution in [0.1, 0.15) is 0 Å². The molecule has 9 aromatic carbocycles. The van der Waals surface area contributed by atoms with Gasteiger partial charge in [-0.25, -0.2) is 15.0 Å². The van der Waals surface area contributed by atoms with Gasteiger partial charge in [0.1, 0.15) is 22.3 Å². The Labute approximate surface area is 307 Å². The molecular weight excluding hydrogens is 663 g/mol. The summed E-state index contributed by atoms with van der Waals surface area (Å²) >= 11 is 0. The Hall–Kier alpha value is -7.37. The maximum atomic E-state index is 6.47. The lowest BCUT2D eigenvalue weighted by Gasteiger charge is -2.11. The topological polar surface area (TPSA) is 65.0 Å². The smallest absolute Gasteiger partial charge is 0.164 e. The molecule has 0 radical (unpaired) electrons. The van der Waals surface area contributed by atoms with Crippen molar-refractivity contribution >= 4 is 87.0 Å². The number of fused-ring (bicyclic) bond motifs is 12. The van der Waals surface area contributed by atoms with Gasteiger partial charge in [0.05, 0.1) is 0 Å². The van der Waals surface area contributed by atoms with E-state index < -0.39 is 0 Å². The normalized spacial score (nSPS) is 12.1. The molecule has 250 valence electrons. The number of para-hydroxylation sites is 1. The van der Waals surface area contributed by atoms with Crippen molar-refractivity contribution in [1.29, 1.82) is 0 Å². The molecule has 5 nitrogen and oxygen atoms in total. The molecule has 0 aliphatic heterocycles. The predicted octanol–water partition coefficient (Wildman–Crippen LogP) is 13.3. The van der Waals surface area contributed by atoms with E-state index in [1.165, 1.54) is 26.9 Å². The van der Waals surface area contributed by atoms with E-state index in [2.05, 4.69) is 121 Å². The van der Waals surface area contributed by atoms with Crippen molar-refractivity contribution in [2.45, 2.75) is 0 Å². The summed E-state index contributed by atoms with van der Waals surface area (Å²) in [5, 5.41) is 13.5. The summed E-state index contributed by atoms with van der Waals surface area (Å²) in [5.74, 6) is 1.74. The highest BCUT2D eigenvalue weighted by atomic mass is 16.3. The van der Waals surface area contributed by atoms with Gasteiger partial charge < -0.3 is 8.83 Å². The molecule has 5 heteroatoms. The highest BCUT2D eigenvalue weighted by molar-refractivity contribution is 6.18. The lowest BCUT2D eigenvalue weighted by molar-refractivity contribution is 0.669. The molecule has 3 heterocycles. The average molecular weight is 690 g/mol. The summed E-state index contributed by atoms with van der Waals surface area (Å²) in [5.41, 5.74) is 5.91. The molecule has 12 aromatic rings. The maximum absolute atomic E-state index is 6.47. The second-order valence-corrected chi connectivity index (χ2v) is 13.9. The van der Waals surface area contributed by atoms with E-state index in [9.17, 15) is 0 Å². The van der Waals surface area contributed by atoms with Crippen molar-refractivity contribution in [2.75, 3.05) is 0 Å². The molecule has 0 saturated carbocycles. The van der Waals surface area contributed by atoms with Gasteiger partial charge in [0, 0.05) is 38.2 Å². The lowest BCUT2D eigenvalue weighted by atomic mass is 9.96. The van der Waals surface area contributed by atoms with Crippen LogP contribution in [0.15, 0.2) is 173 Å². The van der Waals surface area contributed by atoms with Gasteiger partial charge in [-0.2, -0.15) is 0 Å². The van der Waals surface area contributed by atoms with Gasteiger partial charge in [-0.1, -0.05) is 127 Å². The van der Waals surface area contributed by atoms with Crippen LogP contribution in [-0.4, -0.2) is 15.0 Å². The summed E-state index contributed by atoms with van der Waals surface area (Å²) in [6, 6.07) is 57.0. The van der Waals surface area contributed by atoms with E-state index >= 15 is 0 Å². The lowest BCUT2D eigenvalue weighted by Crippen LogP contribution is -2.01. The van der Waals surface area contributed by atoms with E-state index in [0.717, 1.165) is 76.7 Å². The Balaban J connectivity index is 1.12. The molecule has 0 fully saturated rings. The number of rotatable bonds is 3. The highest BCUT2D eigenvalue weighted by Gasteiger charge is 2.21. The highest BCUT2D eigenvalue weighted by Crippen LogP contribution is 2.41. The number of hydrogen-bond acceptors (Lipinski definition) is 5. The van der Waals surface area contributed by atoms with Gasteiger partial charge in [-0.15, -0.1) is 0 Å².